The zero-order valence-corrected chi connectivity index (χ0v) is 15.4. The minimum atomic E-state index is -0.376. The van der Waals surface area contributed by atoms with Gasteiger partial charge in [0.05, 0.1) is 30.5 Å². The van der Waals surface area contributed by atoms with Crippen molar-refractivity contribution in [3.8, 4) is 0 Å². The maximum Gasteiger partial charge on any atom is 0.257 e. The summed E-state index contributed by atoms with van der Waals surface area (Å²) in [6.07, 6.45) is 3.38. The second-order valence-corrected chi connectivity index (χ2v) is 7.57. The normalized spacial score (nSPS) is 18.8. The van der Waals surface area contributed by atoms with E-state index in [0.717, 1.165) is 0 Å². The maximum atomic E-state index is 13.0. The molecule has 1 aliphatic heterocycles. The average molecular weight is 347 g/mol. The van der Waals surface area contributed by atoms with E-state index in [-0.39, 0.29) is 23.4 Å². The Morgan fingerprint density at radius 2 is 2.08 bits per heavy atom. The van der Waals surface area contributed by atoms with Gasteiger partial charge < -0.3 is 14.1 Å². The molecule has 2 aromatic rings. The highest BCUT2D eigenvalue weighted by molar-refractivity contribution is 5.94. The fraction of sp³-hybridized carbons (Fsp3) is 0.647. The van der Waals surface area contributed by atoms with Gasteiger partial charge in [-0.1, -0.05) is 13.8 Å². The van der Waals surface area contributed by atoms with Gasteiger partial charge in [-0.3, -0.25) is 9.48 Å². The lowest BCUT2D eigenvalue weighted by Crippen LogP contribution is -2.43. The fourth-order valence-electron chi connectivity index (χ4n) is 2.63. The summed E-state index contributed by atoms with van der Waals surface area (Å²) >= 11 is 0. The van der Waals surface area contributed by atoms with E-state index < -0.39 is 0 Å². The number of carbonyl (C=O) groups is 1. The third-order valence-electron chi connectivity index (χ3n) is 4.14. The Kier molecular flexibility index (Phi) is 4.64. The molecule has 0 radical (unpaired) electrons. The van der Waals surface area contributed by atoms with Crippen molar-refractivity contribution >= 4 is 5.91 Å². The Hall–Kier alpha value is -2.22. The number of carbonyl (C=O) groups excluding carboxylic acids is 1. The molecule has 1 amide bonds. The topological polar surface area (TPSA) is 86.3 Å². The van der Waals surface area contributed by atoms with Crippen molar-refractivity contribution in [1.82, 2.24) is 24.9 Å². The van der Waals surface area contributed by atoms with Gasteiger partial charge in [0.1, 0.15) is 6.04 Å². The van der Waals surface area contributed by atoms with Crippen LogP contribution in [0.5, 0.6) is 0 Å². The molecule has 0 aromatic carbocycles. The van der Waals surface area contributed by atoms with Crippen molar-refractivity contribution in [3.05, 3.63) is 29.7 Å². The second kappa shape index (κ2) is 6.59. The molecule has 1 atom stereocenters. The molecule has 0 aliphatic carbocycles. The zero-order chi connectivity index (χ0) is 18.2. The number of hydrogen-bond donors (Lipinski definition) is 0. The van der Waals surface area contributed by atoms with Crippen molar-refractivity contribution < 1.29 is 13.9 Å². The summed E-state index contributed by atoms with van der Waals surface area (Å²) in [5.41, 5.74) is 0.368. The highest BCUT2D eigenvalue weighted by atomic mass is 16.5. The van der Waals surface area contributed by atoms with Gasteiger partial charge in [0.2, 0.25) is 11.8 Å². The first-order chi connectivity index (χ1) is 11.8. The molecule has 1 saturated heterocycles. The van der Waals surface area contributed by atoms with Crippen molar-refractivity contribution in [1.29, 1.82) is 0 Å². The first kappa shape index (κ1) is 17.6. The number of ether oxygens (including phenoxy) is 1. The molecule has 0 bridgehead atoms. The monoisotopic (exact) mass is 347 g/mol. The molecule has 0 spiro atoms. The molecule has 8 heteroatoms. The largest absolute Gasteiger partial charge is 0.423 e. The SMILES string of the molecule is CC(C)c1nnc([C@H]2COCCN2C(=O)c2cnn(C(C)(C)C)c2)o1. The van der Waals surface area contributed by atoms with Crippen LogP contribution in [0, 0.1) is 0 Å². The molecule has 136 valence electrons. The van der Waals surface area contributed by atoms with Crippen LogP contribution in [-0.2, 0) is 10.3 Å². The van der Waals surface area contributed by atoms with E-state index in [2.05, 4.69) is 15.3 Å². The second-order valence-electron chi connectivity index (χ2n) is 7.57. The van der Waals surface area contributed by atoms with E-state index in [1.54, 1.807) is 22.0 Å². The van der Waals surface area contributed by atoms with Gasteiger partial charge in [-0.05, 0) is 20.8 Å². The standard InChI is InChI=1S/C17H25N5O3/c1-11(2)14-19-20-15(25-14)13-10-24-7-6-21(13)16(23)12-8-18-22(9-12)17(3,4)5/h8-9,11,13H,6-7,10H2,1-5H3/t13-/m1/s1. The predicted molar refractivity (Wildman–Crippen MR) is 90.2 cm³/mol. The molecule has 1 aliphatic rings. The summed E-state index contributed by atoms with van der Waals surface area (Å²) < 4.78 is 13.1. The first-order valence-corrected chi connectivity index (χ1v) is 8.54. The van der Waals surface area contributed by atoms with Gasteiger partial charge in [0.15, 0.2) is 0 Å². The molecule has 1 fully saturated rings. The molecular formula is C17H25N5O3. The predicted octanol–water partition coefficient (Wildman–Crippen LogP) is 2.36. The van der Waals surface area contributed by atoms with Gasteiger partial charge in [0.25, 0.3) is 5.91 Å². The third-order valence-corrected chi connectivity index (χ3v) is 4.14. The lowest BCUT2D eigenvalue weighted by atomic mass is 10.1. The van der Waals surface area contributed by atoms with Crippen LogP contribution in [0.1, 0.15) is 68.7 Å². The smallest absolute Gasteiger partial charge is 0.257 e. The Labute approximate surface area is 147 Å². The van der Waals surface area contributed by atoms with Crippen LogP contribution in [0.3, 0.4) is 0 Å². The van der Waals surface area contributed by atoms with Crippen LogP contribution in [0.4, 0.5) is 0 Å². The summed E-state index contributed by atoms with van der Waals surface area (Å²) in [5, 5.41) is 12.5. The van der Waals surface area contributed by atoms with E-state index >= 15 is 0 Å². The van der Waals surface area contributed by atoms with Crippen molar-refractivity contribution in [3.63, 3.8) is 0 Å². The van der Waals surface area contributed by atoms with E-state index in [1.807, 2.05) is 34.6 Å². The lowest BCUT2D eigenvalue weighted by molar-refractivity contribution is -0.0107. The lowest BCUT2D eigenvalue weighted by Gasteiger charge is -2.33. The zero-order valence-electron chi connectivity index (χ0n) is 15.4. The molecule has 0 unspecified atom stereocenters. The summed E-state index contributed by atoms with van der Waals surface area (Å²) in [5.74, 6) is 1.02. The summed E-state index contributed by atoms with van der Waals surface area (Å²) in [4.78, 5) is 14.7. The van der Waals surface area contributed by atoms with Crippen LogP contribution >= 0.6 is 0 Å². The molecule has 3 heterocycles. The van der Waals surface area contributed by atoms with E-state index in [4.69, 9.17) is 9.15 Å². The van der Waals surface area contributed by atoms with E-state index in [9.17, 15) is 4.79 Å². The van der Waals surface area contributed by atoms with Crippen LogP contribution in [0.15, 0.2) is 16.8 Å². The highest BCUT2D eigenvalue weighted by Gasteiger charge is 2.34. The van der Waals surface area contributed by atoms with Crippen molar-refractivity contribution in [2.75, 3.05) is 19.8 Å². The summed E-state index contributed by atoms with van der Waals surface area (Å²) in [7, 11) is 0. The van der Waals surface area contributed by atoms with Gasteiger partial charge in [0, 0.05) is 18.7 Å². The Balaban J connectivity index is 1.85. The number of morpholine rings is 1. The first-order valence-electron chi connectivity index (χ1n) is 8.54. The molecule has 25 heavy (non-hydrogen) atoms. The van der Waals surface area contributed by atoms with Gasteiger partial charge >= 0.3 is 0 Å². The minimum Gasteiger partial charge on any atom is -0.423 e. The quantitative estimate of drug-likeness (QED) is 0.847. The third kappa shape index (κ3) is 3.58. The molecular weight excluding hydrogens is 322 g/mol. The molecule has 3 rings (SSSR count). The average Bonchev–Trinajstić information content (AvgIpc) is 3.23. The number of hydrogen-bond acceptors (Lipinski definition) is 6. The highest BCUT2D eigenvalue weighted by Crippen LogP contribution is 2.27. The number of amides is 1. The molecule has 8 nitrogen and oxygen atoms in total. The Morgan fingerprint density at radius 1 is 1.32 bits per heavy atom. The van der Waals surface area contributed by atoms with Gasteiger partial charge in [-0.25, -0.2) is 0 Å². The Morgan fingerprint density at radius 3 is 2.68 bits per heavy atom. The van der Waals surface area contributed by atoms with Crippen LogP contribution < -0.4 is 0 Å². The van der Waals surface area contributed by atoms with Crippen LogP contribution in [-0.4, -0.2) is 50.5 Å². The fourth-order valence-corrected chi connectivity index (χ4v) is 2.63. The van der Waals surface area contributed by atoms with Crippen LogP contribution in [0.25, 0.3) is 0 Å². The molecule has 2 aromatic heterocycles. The van der Waals surface area contributed by atoms with E-state index in [1.165, 1.54) is 0 Å². The number of nitrogens with zero attached hydrogens (tertiary/aromatic N) is 5. The van der Waals surface area contributed by atoms with Gasteiger partial charge in [-0.15, -0.1) is 10.2 Å². The Bertz CT molecular complexity index is 744. The number of aromatic nitrogens is 4. The van der Waals surface area contributed by atoms with Crippen molar-refractivity contribution in [2.45, 2.75) is 52.1 Å². The van der Waals surface area contributed by atoms with Crippen LogP contribution in [0.2, 0.25) is 0 Å². The molecule has 0 N–H and O–H groups in total. The molecule has 0 saturated carbocycles. The van der Waals surface area contributed by atoms with E-state index in [0.29, 0.717) is 37.1 Å². The summed E-state index contributed by atoms with van der Waals surface area (Å²) in [6.45, 7) is 11.4. The summed E-state index contributed by atoms with van der Waals surface area (Å²) in [6, 6.07) is -0.376. The maximum absolute atomic E-state index is 13.0. The minimum absolute atomic E-state index is 0.104. The van der Waals surface area contributed by atoms with Gasteiger partial charge in [-0.2, -0.15) is 5.10 Å². The van der Waals surface area contributed by atoms with Crippen molar-refractivity contribution in [2.24, 2.45) is 0 Å². The number of rotatable bonds is 3.